The molecule has 162 valence electrons. The first-order chi connectivity index (χ1) is 14.7. The molecule has 0 aromatic heterocycles. The molecule has 1 heterocycles. The topological polar surface area (TPSA) is 114 Å². The van der Waals surface area contributed by atoms with Crippen molar-refractivity contribution in [3.63, 3.8) is 0 Å². The number of nitrogens with one attached hydrogen (secondary N) is 1. The van der Waals surface area contributed by atoms with Crippen molar-refractivity contribution in [1.82, 2.24) is 5.32 Å². The fraction of sp³-hybridized carbons (Fsp3) is 0.150. The summed E-state index contributed by atoms with van der Waals surface area (Å²) in [5, 5.41) is 12.3. The van der Waals surface area contributed by atoms with Crippen molar-refractivity contribution >= 4 is 63.8 Å². The highest BCUT2D eigenvalue weighted by molar-refractivity contribution is 14.1. The van der Waals surface area contributed by atoms with Gasteiger partial charge in [0.05, 0.1) is 35.6 Å². The zero-order valence-corrected chi connectivity index (χ0v) is 19.4. The number of phenols is 1. The Labute approximate surface area is 195 Å². The number of aromatic hydroxyl groups is 1. The van der Waals surface area contributed by atoms with Crippen LogP contribution in [0.25, 0.3) is 6.08 Å². The van der Waals surface area contributed by atoms with Gasteiger partial charge in [-0.25, -0.2) is 9.69 Å². The quantitative estimate of drug-likeness (QED) is 0.329. The van der Waals surface area contributed by atoms with Crippen molar-refractivity contribution < 1.29 is 33.7 Å². The van der Waals surface area contributed by atoms with Crippen LogP contribution in [0.15, 0.2) is 29.8 Å². The van der Waals surface area contributed by atoms with Gasteiger partial charge in [0, 0.05) is 12.1 Å². The monoisotopic (exact) mass is 558 g/mol. The molecule has 4 amide bonds. The Morgan fingerprint density at radius 1 is 1.00 bits per heavy atom. The number of barbiturate groups is 1. The second-order valence-corrected chi connectivity index (χ2v) is 7.74. The number of imide groups is 2. The van der Waals surface area contributed by atoms with Crippen LogP contribution in [0.5, 0.6) is 23.0 Å². The van der Waals surface area contributed by atoms with E-state index >= 15 is 0 Å². The van der Waals surface area contributed by atoms with Gasteiger partial charge in [-0.2, -0.15) is 0 Å². The highest BCUT2D eigenvalue weighted by atomic mass is 127. The van der Waals surface area contributed by atoms with Crippen molar-refractivity contribution in [3.05, 3.63) is 44.0 Å². The van der Waals surface area contributed by atoms with E-state index in [2.05, 4.69) is 5.32 Å². The second kappa shape index (κ2) is 9.02. The summed E-state index contributed by atoms with van der Waals surface area (Å²) in [6.07, 6.45) is 1.29. The Kier molecular flexibility index (Phi) is 6.60. The number of rotatable bonds is 5. The average Bonchev–Trinajstić information content (AvgIpc) is 2.73. The molecule has 0 aliphatic carbocycles. The molecule has 0 bridgehead atoms. The maximum absolute atomic E-state index is 13.2. The Bertz CT molecular complexity index is 1130. The van der Waals surface area contributed by atoms with Gasteiger partial charge in [-0.3, -0.25) is 14.9 Å². The van der Waals surface area contributed by atoms with Crippen LogP contribution in [-0.4, -0.2) is 44.3 Å². The van der Waals surface area contributed by atoms with Crippen LogP contribution in [0.2, 0.25) is 5.02 Å². The number of carbonyl (C=O) groups is 3. The lowest BCUT2D eigenvalue weighted by Crippen LogP contribution is -2.54. The van der Waals surface area contributed by atoms with E-state index in [4.69, 9.17) is 25.8 Å². The minimum Gasteiger partial charge on any atom is -0.504 e. The van der Waals surface area contributed by atoms with Gasteiger partial charge in [0.25, 0.3) is 11.8 Å². The predicted octanol–water partition coefficient (Wildman–Crippen LogP) is 3.34. The molecule has 31 heavy (non-hydrogen) atoms. The van der Waals surface area contributed by atoms with Gasteiger partial charge in [-0.05, 0) is 46.4 Å². The number of amides is 4. The van der Waals surface area contributed by atoms with Gasteiger partial charge in [-0.1, -0.05) is 11.6 Å². The highest BCUT2D eigenvalue weighted by Crippen LogP contribution is 2.39. The summed E-state index contributed by atoms with van der Waals surface area (Å²) < 4.78 is 16.0. The first-order valence-corrected chi connectivity index (χ1v) is 10.1. The first-order valence-electron chi connectivity index (χ1n) is 8.61. The molecule has 2 aromatic rings. The summed E-state index contributed by atoms with van der Waals surface area (Å²) >= 11 is 7.99. The standard InChI is InChI=1S/C20H16ClIN2O7/c1-29-14-8-13(15(30-2)7-11(14)21)24-19(27)10(18(26)23-20(24)28)4-9-5-12(22)17(25)16(6-9)31-3/h4-8,25H,1-3H3,(H,23,26,28)/b10-4+. The fourth-order valence-electron chi connectivity index (χ4n) is 2.89. The van der Waals surface area contributed by atoms with Crippen molar-refractivity contribution in [1.29, 1.82) is 0 Å². The molecular weight excluding hydrogens is 543 g/mol. The Morgan fingerprint density at radius 3 is 2.26 bits per heavy atom. The third-order valence-corrected chi connectivity index (χ3v) is 5.50. The smallest absolute Gasteiger partial charge is 0.336 e. The number of hydrogen-bond acceptors (Lipinski definition) is 7. The van der Waals surface area contributed by atoms with Crippen LogP contribution in [0.1, 0.15) is 5.56 Å². The molecule has 0 radical (unpaired) electrons. The van der Waals surface area contributed by atoms with Crippen LogP contribution < -0.4 is 24.4 Å². The number of nitrogens with zero attached hydrogens (tertiary/aromatic N) is 1. The summed E-state index contributed by atoms with van der Waals surface area (Å²) in [4.78, 5) is 38.9. The number of phenolic OH excluding ortho intramolecular Hbond substituents is 1. The minimum absolute atomic E-state index is 0.0440. The number of ether oxygens (including phenoxy) is 3. The van der Waals surface area contributed by atoms with Gasteiger partial charge in [-0.15, -0.1) is 0 Å². The molecule has 1 aliphatic rings. The van der Waals surface area contributed by atoms with Crippen LogP contribution in [0.3, 0.4) is 0 Å². The van der Waals surface area contributed by atoms with E-state index in [0.29, 0.717) is 9.13 Å². The molecule has 0 spiro atoms. The predicted molar refractivity (Wildman–Crippen MR) is 121 cm³/mol. The zero-order chi connectivity index (χ0) is 22.9. The van der Waals surface area contributed by atoms with E-state index in [1.54, 1.807) is 6.07 Å². The lowest BCUT2D eigenvalue weighted by atomic mass is 10.1. The van der Waals surface area contributed by atoms with E-state index < -0.39 is 17.8 Å². The summed E-state index contributed by atoms with van der Waals surface area (Å²) in [6, 6.07) is 4.81. The molecule has 9 nitrogen and oxygen atoms in total. The number of carbonyl (C=O) groups excluding carboxylic acids is 3. The molecule has 3 rings (SSSR count). The van der Waals surface area contributed by atoms with E-state index in [1.165, 1.54) is 45.6 Å². The SMILES string of the molecule is COc1cc(N2C(=O)NC(=O)/C(=C\c3cc(I)c(O)c(OC)c3)C2=O)c(OC)cc1Cl. The fourth-order valence-corrected chi connectivity index (χ4v) is 3.75. The minimum atomic E-state index is -0.951. The summed E-state index contributed by atoms with van der Waals surface area (Å²) in [5.74, 6) is -1.31. The van der Waals surface area contributed by atoms with Gasteiger partial charge in [0.1, 0.15) is 17.1 Å². The van der Waals surface area contributed by atoms with Gasteiger partial charge >= 0.3 is 6.03 Å². The molecule has 0 saturated carbocycles. The zero-order valence-electron chi connectivity index (χ0n) is 16.5. The molecule has 0 unspecified atom stereocenters. The number of anilines is 1. The van der Waals surface area contributed by atoms with Crippen molar-refractivity contribution in [2.24, 2.45) is 0 Å². The molecule has 2 N–H and O–H groups in total. The Balaban J connectivity index is 2.12. The molecule has 2 aromatic carbocycles. The second-order valence-electron chi connectivity index (χ2n) is 6.17. The maximum atomic E-state index is 13.2. The maximum Gasteiger partial charge on any atom is 0.336 e. The molecular formula is C20H16ClIN2O7. The lowest BCUT2D eigenvalue weighted by molar-refractivity contribution is -0.122. The number of methoxy groups -OCH3 is 3. The third-order valence-electron chi connectivity index (χ3n) is 4.38. The van der Waals surface area contributed by atoms with Crippen molar-refractivity contribution in [3.8, 4) is 23.0 Å². The highest BCUT2D eigenvalue weighted by Gasteiger charge is 2.38. The van der Waals surface area contributed by atoms with E-state index in [-0.39, 0.29) is 39.3 Å². The molecule has 1 aliphatic heterocycles. The number of urea groups is 1. The summed E-state index contributed by atoms with van der Waals surface area (Å²) in [5.41, 5.74) is 0.147. The Hall–Kier alpha value is -2.99. The third kappa shape index (κ3) is 4.26. The van der Waals surface area contributed by atoms with Crippen molar-refractivity contribution in [2.45, 2.75) is 0 Å². The molecule has 11 heteroatoms. The van der Waals surface area contributed by atoms with Crippen molar-refractivity contribution in [2.75, 3.05) is 26.2 Å². The number of benzene rings is 2. The van der Waals surface area contributed by atoms with Gasteiger partial charge < -0.3 is 19.3 Å². The van der Waals surface area contributed by atoms with Gasteiger partial charge in [0.15, 0.2) is 11.5 Å². The molecule has 1 saturated heterocycles. The van der Waals surface area contributed by atoms with Crippen LogP contribution >= 0.6 is 34.2 Å². The van der Waals surface area contributed by atoms with E-state index in [1.807, 2.05) is 22.6 Å². The summed E-state index contributed by atoms with van der Waals surface area (Å²) in [7, 11) is 4.10. The van der Waals surface area contributed by atoms with Crippen LogP contribution in [-0.2, 0) is 9.59 Å². The van der Waals surface area contributed by atoms with Crippen LogP contribution in [0.4, 0.5) is 10.5 Å². The average molecular weight is 559 g/mol. The number of hydrogen-bond donors (Lipinski definition) is 2. The summed E-state index contributed by atoms with van der Waals surface area (Å²) in [6.45, 7) is 0. The Morgan fingerprint density at radius 2 is 1.65 bits per heavy atom. The van der Waals surface area contributed by atoms with E-state index in [9.17, 15) is 19.5 Å². The molecule has 1 fully saturated rings. The van der Waals surface area contributed by atoms with Gasteiger partial charge in [0.2, 0.25) is 0 Å². The van der Waals surface area contributed by atoms with Crippen LogP contribution in [0, 0.1) is 3.57 Å². The largest absolute Gasteiger partial charge is 0.504 e. The van der Waals surface area contributed by atoms with E-state index in [0.717, 1.165) is 4.90 Å². The number of halogens is 2. The normalized spacial score (nSPS) is 15.2. The lowest BCUT2D eigenvalue weighted by Gasteiger charge is -2.28. The molecule has 0 atom stereocenters. The first kappa shape index (κ1) is 22.7.